The van der Waals surface area contributed by atoms with Gasteiger partial charge in [-0.25, -0.2) is 8.60 Å². The largest absolute Gasteiger partial charge is 0.416 e. The summed E-state index contributed by atoms with van der Waals surface area (Å²) in [6.07, 6.45) is -4.51. The molecule has 3 aromatic rings. The Kier molecular flexibility index (Phi) is 9.23. The zero-order valence-corrected chi connectivity index (χ0v) is 23.7. The molecule has 2 atom stereocenters. The summed E-state index contributed by atoms with van der Waals surface area (Å²) in [5.41, 5.74) is 2.63. The maximum Gasteiger partial charge on any atom is 0.416 e. The number of piperazine rings is 1. The number of aryl methyl sites for hydroxylation is 1. The summed E-state index contributed by atoms with van der Waals surface area (Å²) in [5.74, 6) is -1.98. The number of nitrogens with zero attached hydrogens (tertiary/aromatic N) is 3. The van der Waals surface area contributed by atoms with Gasteiger partial charge in [0, 0.05) is 51.1 Å². The third-order valence-corrected chi connectivity index (χ3v) is 7.96. The molecule has 0 aliphatic carbocycles. The lowest BCUT2D eigenvalue weighted by Gasteiger charge is -2.38. The molecule has 220 valence electrons. The van der Waals surface area contributed by atoms with E-state index in [0.717, 1.165) is 33.8 Å². The third kappa shape index (κ3) is 7.17. The van der Waals surface area contributed by atoms with Crippen LogP contribution in [-0.4, -0.2) is 47.9 Å². The van der Waals surface area contributed by atoms with Crippen molar-refractivity contribution in [1.82, 2.24) is 5.32 Å². The highest BCUT2D eigenvalue weighted by Gasteiger charge is 2.32. The molecule has 1 fully saturated rings. The standard InChI is InChI=1S/C29H32F4N4O3S/c1-19-5-4-6-24(15-19)36-11-13-37(14-12-36)27-17-23(29(31,32)33)9-7-22(27)18-34-28(38)20(2)21-8-10-26(25(30)16-21)35(3)41(39)40/h4-10,15-17,20H,11-14,18H2,1-3H3,(H,34,38)(H,39,40). The molecule has 0 spiro atoms. The van der Waals surface area contributed by atoms with Gasteiger partial charge in [-0.1, -0.05) is 24.3 Å². The number of carbonyl (C=O) groups is 1. The van der Waals surface area contributed by atoms with Crippen LogP contribution in [0.15, 0.2) is 60.7 Å². The molecule has 41 heavy (non-hydrogen) atoms. The number of anilines is 3. The lowest BCUT2D eigenvalue weighted by molar-refractivity contribution is -0.137. The van der Waals surface area contributed by atoms with Gasteiger partial charge < -0.3 is 15.1 Å². The Balaban J connectivity index is 1.49. The van der Waals surface area contributed by atoms with Crippen LogP contribution in [0.2, 0.25) is 0 Å². The molecule has 4 rings (SSSR count). The molecule has 1 amide bonds. The van der Waals surface area contributed by atoms with Crippen LogP contribution in [-0.2, 0) is 28.8 Å². The summed E-state index contributed by atoms with van der Waals surface area (Å²) in [5, 5.41) is 2.77. The average molecular weight is 593 g/mol. The second-order valence-corrected chi connectivity index (χ2v) is 11.0. The van der Waals surface area contributed by atoms with Gasteiger partial charge in [0.15, 0.2) is 0 Å². The lowest BCUT2D eigenvalue weighted by Crippen LogP contribution is -2.47. The summed E-state index contributed by atoms with van der Waals surface area (Å²) >= 11 is -2.41. The zero-order valence-electron chi connectivity index (χ0n) is 22.9. The van der Waals surface area contributed by atoms with Gasteiger partial charge in [0.2, 0.25) is 5.91 Å². The molecule has 0 saturated carbocycles. The summed E-state index contributed by atoms with van der Waals surface area (Å²) in [6, 6.07) is 15.5. The van der Waals surface area contributed by atoms with Crippen molar-refractivity contribution in [2.45, 2.75) is 32.5 Å². The van der Waals surface area contributed by atoms with Crippen LogP contribution in [0.5, 0.6) is 0 Å². The predicted molar refractivity (Wildman–Crippen MR) is 153 cm³/mol. The minimum absolute atomic E-state index is 0.0124. The highest BCUT2D eigenvalue weighted by atomic mass is 32.2. The Morgan fingerprint density at radius 1 is 1.05 bits per heavy atom. The normalized spacial score (nSPS) is 15.4. The fourth-order valence-corrected chi connectivity index (χ4v) is 5.15. The van der Waals surface area contributed by atoms with Crippen molar-refractivity contribution in [3.05, 3.63) is 88.7 Å². The summed E-state index contributed by atoms with van der Waals surface area (Å²) < 4.78 is 76.6. The lowest BCUT2D eigenvalue weighted by atomic mass is 9.99. The molecular formula is C29H32F4N4O3S. The molecule has 1 aliphatic rings. The van der Waals surface area contributed by atoms with Crippen molar-refractivity contribution < 1.29 is 31.1 Å². The van der Waals surface area contributed by atoms with Gasteiger partial charge in [-0.2, -0.15) is 13.2 Å². The molecule has 0 radical (unpaired) electrons. The molecular weight excluding hydrogens is 560 g/mol. The van der Waals surface area contributed by atoms with Gasteiger partial charge in [0.05, 0.1) is 17.2 Å². The van der Waals surface area contributed by atoms with Crippen molar-refractivity contribution in [2.75, 3.05) is 47.3 Å². The van der Waals surface area contributed by atoms with E-state index in [1.807, 2.05) is 30.0 Å². The smallest absolute Gasteiger partial charge is 0.368 e. The maximum absolute atomic E-state index is 14.6. The molecule has 2 N–H and O–H groups in total. The highest BCUT2D eigenvalue weighted by Crippen LogP contribution is 2.34. The average Bonchev–Trinajstić information content (AvgIpc) is 2.94. The minimum atomic E-state index is -4.51. The van der Waals surface area contributed by atoms with E-state index < -0.39 is 40.6 Å². The van der Waals surface area contributed by atoms with E-state index >= 15 is 0 Å². The van der Waals surface area contributed by atoms with Gasteiger partial charge in [-0.05, 0) is 66.9 Å². The van der Waals surface area contributed by atoms with Crippen LogP contribution in [0, 0.1) is 12.7 Å². The Hall–Kier alpha value is -3.64. The number of carbonyl (C=O) groups excluding carboxylic acids is 1. The van der Waals surface area contributed by atoms with Crippen LogP contribution in [0.1, 0.15) is 35.1 Å². The molecule has 7 nitrogen and oxygen atoms in total. The van der Waals surface area contributed by atoms with E-state index in [1.54, 1.807) is 6.92 Å². The third-order valence-electron chi connectivity index (χ3n) is 7.29. The van der Waals surface area contributed by atoms with Crippen LogP contribution in [0.4, 0.5) is 34.6 Å². The van der Waals surface area contributed by atoms with Gasteiger partial charge in [0.25, 0.3) is 11.3 Å². The monoisotopic (exact) mass is 592 g/mol. The Morgan fingerprint density at radius 2 is 1.73 bits per heavy atom. The van der Waals surface area contributed by atoms with E-state index in [4.69, 9.17) is 0 Å². The Labute approximate surface area is 239 Å². The molecule has 0 aromatic heterocycles. The topological polar surface area (TPSA) is 76.1 Å². The zero-order chi connectivity index (χ0) is 29.9. The minimum Gasteiger partial charge on any atom is -0.368 e. The molecule has 2 unspecified atom stereocenters. The molecule has 1 saturated heterocycles. The van der Waals surface area contributed by atoms with Crippen molar-refractivity contribution in [3.63, 3.8) is 0 Å². The van der Waals surface area contributed by atoms with E-state index in [2.05, 4.69) is 16.3 Å². The fourth-order valence-electron chi connectivity index (χ4n) is 4.83. The number of amides is 1. The first-order valence-corrected chi connectivity index (χ1v) is 14.1. The fraction of sp³-hybridized carbons (Fsp3) is 0.345. The second-order valence-electron chi connectivity index (χ2n) is 10.0. The summed E-state index contributed by atoms with van der Waals surface area (Å²) in [6.45, 7) is 5.84. The number of benzene rings is 3. The number of halogens is 4. The van der Waals surface area contributed by atoms with Crippen molar-refractivity contribution in [1.29, 1.82) is 0 Å². The SMILES string of the molecule is Cc1cccc(N2CCN(c3cc(C(F)(F)F)ccc3CNC(=O)C(C)c3ccc(N(C)S(=O)O)c(F)c3)CC2)c1. The van der Waals surface area contributed by atoms with E-state index in [0.29, 0.717) is 43.0 Å². The molecule has 12 heteroatoms. The van der Waals surface area contributed by atoms with Crippen LogP contribution in [0.25, 0.3) is 0 Å². The summed E-state index contributed by atoms with van der Waals surface area (Å²) in [7, 11) is 1.26. The van der Waals surface area contributed by atoms with Gasteiger partial charge >= 0.3 is 6.18 Å². The maximum atomic E-state index is 14.6. The molecule has 3 aromatic carbocycles. The molecule has 1 aliphatic heterocycles. The Bertz CT molecular complexity index is 1430. The van der Waals surface area contributed by atoms with Crippen molar-refractivity contribution in [2.24, 2.45) is 0 Å². The van der Waals surface area contributed by atoms with Crippen molar-refractivity contribution in [3.8, 4) is 0 Å². The molecule has 1 heterocycles. The van der Waals surface area contributed by atoms with Crippen LogP contribution in [0.3, 0.4) is 0 Å². The molecule has 0 bridgehead atoms. The number of rotatable bonds is 8. The van der Waals surface area contributed by atoms with Crippen molar-refractivity contribution >= 4 is 34.2 Å². The number of hydrogen-bond acceptors (Lipinski definition) is 4. The number of hydrogen-bond donors (Lipinski definition) is 2. The first kappa shape index (κ1) is 30.3. The van der Waals surface area contributed by atoms with Gasteiger partial charge in [-0.3, -0.25) is 13.7 Å². The van der Waals surface area contributed by atoms with Gasteiger partial charge in [-0.15, -0.1) is 0 Å². The van der Waals surface area contributed by atoms with E-state index in [9.17, 15) is 31.1 Å². The van der Waals surface area contributed by atoms with Crippen LogP contribution < -0.4 is 19.4 Å². The first-order chi connectivity index (χ1) is 19.3. The summed E-state index contributed by atoms with van der Waals surface area (Å²) in [4.78, 5) is 17.1. The number of alkyl halides is 3. The van der Waals surface area contributed by atoms with E-state index in [1.165, 1.54) is 25.2 Å². The van der Waals surface area contributed by atoms with E-state index in [-0.39, 0.29) is 12.2 Å². The van der Waals surface area contributed by atoms with Gasteiger partial charge in [0.1, 0.15) is 5.82 Å². The highest BCUT2D eigenvalue weighted by molar-refractivity contribution is 7.80. The van der Waals surface area contributed by atoms with Crippen LogP contribution >= 0.6 is 0 Å². The quantitative estimate of drug-likeness (QED) is 0.268. The second kappa shape index (κ2) is 12.5. The first-order valence-electron chi connectivity index (χ1n) is 13.0. The predicted octanol–water partition coefficient (Wildman–Crippen LogP) is 5.47. The number of nitrogens with one attached hydrogen (secondary N) is 1. The Morgan fingerprint density at radius 3 is 2.34 bits per heavy atom.